The second-order valence-electron chi connectivity index (χ2n) is 5.50. The zero-order valence-electron chi connectivity index (χ0n) is 11.5. The number of rotatable bonds is 6. The molecule has 106 valence electrons. The Bertz CT molecular complexity index is 505. The zero-order valence-corrected chi connectivity index (χ0v) is 12.3. The normalized spacial score (nSPS) is 23.1. The zero-order chi connectivity index (χ0) is 13.9. The molecule has 0 aliphatic heterocycles. The molecule has 0 spiro atoms. The summed E-state index contributed by atoms with van der Waals surface area (Å²) in [5.74, 6) is 0.714. The quantitative estimate of drug-likeness (QED) is 0.833. The highest BCUT2D eigenvalue weighted by molar-refractivity contribution is 7.88. The molecule has 2 rings (SSSR count). The lowest BCUT2D eigenvalue weighted by Crippen LogP contribution is -2.43. The van der Waals surface area contributed by atoms with Crippen LogP contribution in [0, 0.1) is 5.92 Å². The van der Waals surface area contributed by atoms with Crippen molar-refractivity contribution in [2.75, 3.05) is 7.05 Å². The molecule has 0 unspecified atom stereocenters. The van der Waals surface area contributed by atoms with E-state index in [2.05, 4.69) is 17.0 Å². The number of sulfonamides is 1. The van der Waals surface area contributed by atoms with Gasteiger partial charge in [-0.1, -0.05) is 31.2 Å². The summed E-state index contributed by atoms with van der Waals surface area (Å²) in [5, 5.41) is 3.07. The maximum Gasteiger partial charge on any atom is 0.216 e. The number of hydrogen-bond donors (Lipinski definition) is 2. The molecular formula is C14H22N2O2S. The van der Waals surface area contributed by atoms with Gasteiger partial charge in [-0.25, -0.2) is 13.1 Å². The minimum absolute atomic E-state index is 0.0672. The summed E-state index contributed by atoms with van der Waals surface area (Å²) in [6, 6.07) is 7.84. The molecule has 0 heterocycles. The van der Waals surface area contributed by atoms with E-state index in [0.29, 0.717) is 5.92 Å². The third-order valence-electron chi connectivity index (χ3n) is 3.48. The molecule has 2 N–H and O–H groups in total. The Balaban J connectivity index is 1.91. The van der Waals surface area contributed by atoms with Crippen molar-refractivity contribution >= 4 is 10.0 Å². The van der Waals surface area contributed by atoms with Crippen LogP contribution >= 0.6 is 0 Å². The van der Waals surface area contributed by atoms with E-state index >= 15 is 0 Å². The van der Waals surface area contributed by atoms with E-state index in [1.54, 1.807) is 0 Å². The van der Waals surface area contributed by atoms with Crippen LogP contribution in [0.15, 0.2) is 24.3 Å². The molecule has 1 saturated carbocycles. The van der Waals surface area contributed by atoms with Crippen LogP contribution in [-0.4, -0.2) is 21.5 Å². The van der Waals surface area contributed by atoms with Crippen LogP contribution in [0.5, 0.6) is 0 Å². The first-order valence-corrected chi connectivity index (χ1v) is 8.36. The molecule has 1 aliphatic carbocycles. The van der Waals surface area contributed by atoms with E-state index < -0.39 is 10.0 Å². The van der Waals surface area contributed by atoms with Gasteiger partial charge in [0, 0.05) is 12.6 Å². The fourth-order valence-electron chi connectivity index (χ4n) is 2.47. The van der Waals surface area contributed by atoms with Crippen LogP contribution in [0.25, 0.3) is 0 Å². The molecule has 0 atom stereocenters. The number of nitrogens with one attached hydrogen (secondary N) is 2. The lowest BCUT2D eigenvalue weighted by atomic mass is 9.83. The monoisotopic (exact) mass is 282 g/mol. The van der Waals surface area contributed by atoms with Gasteiger partial charge in [-0.05, 0) is 36.9 Å². The average molecular weight is 282 g/mol. The van der Waals surface area contributed by atoms with Gasteiger partial charge in [-0.15, -0.1) is 0 Å². The van der Waals surface area contributed by atoms with Gasteiger partial charge >= 0.3 is 0 Å². The predicted molar refractivity (Wildman–Crippen MR) is 77.2 cm³/mol. The maximum absolute atomic E-state index is 12.0. The van der Waals surface area contributed by atoms with Crippen molar-refractivity contribution in [3.63, 3.8) is 0 Å². The van der Waals surface area contributed by atoms with Gasteiger partial charge in [-0.3, -0.25) is 0 Å². The average Bonchev–Trinajstić information content (AvgIpc) is 2.29. The van der Waals surface area contributed by atoms with Crippen LogP contribution in [0.2, 0.25) is 0 Å². The summed E-state index contributed by atoms with van der Waals surface area (Å²) in [7, 11) is -1.32. The topological polar surface area (TPSA) is 58.2 Å². The van der Waals surface area contributed by atoms with Crippen molar-refractivity contribution in [2.45, 2.75) is 38.1 Å². The van der Waals surface area contributed by atoms with Crippen LogP contribution in [0.3, 0.4) is 0 Å². The summed E-state index contributed by atoms with van der Waals surface area (Å²) < 4.78 is 26.8. The lowest BCUT2D eigenvalue weighted by molar-refractivity contribution is 0.270. The molecule has 0 aromatic heterocycles. The fraction of sp³-hybridized carbons (Fsp3) is 0.571. The first kappa shape index (κ1) is 14.5. The van der Waals surface area contributed by atoms with E-state index in [-0.39, 0.29) is 11.8 Å². The first-order valence-electron chi connectivity index (χ1n) is 6.71. The first-order chi connectivity index (χ1) is 8.98. The standard InChI is InChI=1S/C14H22N2O2S/c1-11-7-14(8-11)16-19(17,18)10-13-5-3-12(4-6-13)9-15-2/h3-6,11,14-16H,7-10H2,1-2H3. The molecule has 4 nitrogen and oxygen atoms in total. The number of hydrogen-bond acceptors (Lipinski definition) is 3. The van der Waals surface area contributed by atoms with E-state index in [9.17, 15) is 8.42 Å². The summed E-state index contributed by atoms with van der Waals surface area (Å²) in [6.07, 6.45) is 1.92. The smallest absolute Gasteiger partial charge is 0.216 e. The van der Waals surface area contributed by atoms with Gasteiger partial charge in [0.05, 0.1) is 5.75 Å². The third-order valence-corrected chi connectivity index (χ3v) is 4.89. The Hall–Kier alpha value is -0.910. The predicted octanol–water partition coefficient (Wildman–Crippen LogP) is 1.62. The summed E-state index contributed by atoms with van der Waals surface area (Å²) in [6.45, 7) is 2.94. The van der Waals surface area contributed by atoms with Gasteiger partial charge < -0.3 is 5.32 Å². The lowest BCUT2D eigenvalue weighted by Gasteiger charge is -2.32. The Morgan fingerprint density at radius 3 is 2.26 bits per heavy atom. The highest BCUT2D eigenvalue weighted by Crippen LogP contribution is 2.27. The Labute approximate surface area is 115 Å². The van der Waals surface area contributed by atoms with E-state index in [0.717, 1.165) is 30.5 Å². The van der Waals surface area contributed by atoms with Crippen molar-refractivity contribution in [3.8, 4) is 0 Å². The Morgan fingerprint density at radius 2 is 1.74 bits per heavy atom. The van der Waals surface area contributed by atoms with Gasteiger partial charge in [0.2, 0.25) is 10.0 Å². The van der Waals surface area contributed by atoms with Gasteiger partial charge in [0.15, 0.2) is 0 Å². The van der Waals surface area contributed by atoms with Crippen molar-refractivity contribution in [1.29, 1.82) is 0 Å². The Kier molecular flexibility index (Phi) is 4.60. The SMILES string of the molecule is CNCc1ccc(CS(=O)(=O)NC2CC(C)C2)cc1. The van der Waals surface area contributed by atoms with Gasteiger partial charge in [0.1, 0.15) is 0 Å². The van der Waals surface area contributed by atoms with Crippen molar-refractivity contribution in [3.05, 3.63) is 35.4 Å². The molecule has 1 fully saturated rings. The van der Waals surface area contributed by atoms with Crippen LogP contribution in [0.1, 0.15) is 30.9 Å². The van der Waals surface area contributed by atoms with Gasteiger partial charge in [-0.2, -0.15) is 0 Å². The highest BCUT2D eigenvalue weighted by Gasteiger charge is 2.28. The summed E-state index contributed by atoms with van der Waals surface area (Å²) in [5.41, 5.74) is 1.99. The van der Waals surface area contributed by atoms with Crippen molar-refractivity contribution in [2.24, 2.45) is 5.92 Å². The molecular weight excluding hydrogens is 260 g/mol. The van der Waals surface area contributed by atoms with E-state index in [1.807, 2.05) is 31.3 Å². The molecule has 1 aromatic rings. The van der Waals surface area contributed by atoms with E-state index in [1.165, 1.54) is 0 Å². The second kappa shape index (κ2) is 6.03. The second-order valence-corrected chi connectivity index (χ2v) is 7.25. The largest absolute Gasteiger partial charge is 0.316 e. The molecule has 0 saturated heterocycles. The molecule has 1 aliphatic rings. The van der Waals surface area contributed by atoms with Crippen LogP contribution in [0.4, 0.5) is 0 Å². The van der Waals surface area contributed by atoms with E-state index in [4.69, 9.17) is 0 Å². The van der Waals surface area contributed by atoms with Crippen molar-refractivity contribution < 1.29 is 8.42 Å². The van der Waals surface area contributed by atoms with Crippen LogP contribution < -0.4 is 10.0 Å². The minimum Gasteiger partial charge on any atom is -0.316 e. The fourth-order valence-corrected chi connectivity index (χ4v) is 3.89. The third kappa shape index (κ3) is 4.30. The van der Waals surface area contributed by atoms with Crippen molar-refractivity contribution in [1.82, 2.24) is 10.0 Å². The molecule has 0 radical (unpaired) electrons. The molecule has 5 heteroatoms. The summed E-state index contributed by atoms with van der Waals surface area (Å²) in [4.78, 5) is 0. The van der Waals surface area contributed by atoms with Gasteiger partial charge in [0.25, 0.3) is 0 Å². The maximum atomic E-state index is 12.0. The minimum atomic E-state index is -3.21. The van der Waals surface area contributed by atoms with Crippen LogP contribution in [-0.2, 0) is 22.3 Å². The molecule has 19 heavy (non-hydrogen) atoms. The highest BCUT2D eigenvalue weighted by atomic mass is 32.2. The molecule has 0 amide bonds. The molecule has 1 aromatic carbocycles. The molecule has 0 bridgehead atoms. The Morgan fingerprint density at radius 1 is 1.16 bits per heavy atom. The summed E-state index contributed by atoms with van der Waals surface area (Å²) >= 11 is 0. The number of benzene rings is 1.